The van der Waals surface area contributed by atoms with Gasteiger partial charge < -0.3 is 9.47 Å². The first-order valence-electron chi connectivity index (χ1n) is 12.7. The van der Waals surface area contributed by atoms with Gasteiger partial charge >= 0.3 is 0 Å². The molecule has 0 spiro atoms. The number of carbonyl (C=O) groups is 1. The van der Waals surface area contributed by atoms with Crippen LogP contribution in [0.4, 0.5) is 0 Å². The molecule has 0 saturated carbocycles. The van der Waals surface area contributed by atoms with Crippen LogP contribution in [0.2, 0.25) is 0 Å². The number of hydrogen-bond acceptors (Lipinski definition) is 4. The lowest BCUT2D eigenvalue weighted by molar-refractivity contribution is 0.100. The topological polar surface area (TPSA) is 38.8 Å². The van der Waals surface area contributed by atoms with E-state index in [0.717, 1.165) is 44.0 Å². The minimum Gasteiger partial charge on any atom is -0.494 e. The molecule has 182 valence electrons. The molecule has 3 aromatic carbocycles. The van der Waals surface area contributed by atoms with E-state index in [-0.39, 0.29) is 5.78 Å². The van der Waals surface area contributed by atoms with E-state index in [1.54, 1.807) is 0 Å². The molecule has 1 heterocycles. The van der Waals surface area contributed by atoms with Crippen LogP contribution in [0, 0.1) is 0 Å². The molecule has 1 aliphatic heterocycles. The zero-order valence-corrected chi connectivity index (χ0v) is 20.6. The van der Waals surface area contributed by atoms with Gasteiger partial charge in [-0.1, -0.05) is 74.4 Å². The fraction of sp³-hybridized carbons (Fsp3) is 0.323. The number of unbranched alkanes of at least 4 members (excludes halogenated alkanes) is 3. The van der Waals surface area contributed by atoms with Crippen LogP contribution >= 0.6 is 0 Å². The first kappa shape index (κ1) is 24.7. The Bertz CT molecular complexity index is 1110. The quantitative estimate of drug-likeness (QED) is 0.216. The Morgan fingerprint density at radius 2 is 1.63 bits per heavy atom. The van der Waals surface area contributed by atoms with E-state index in [4.69, 9.17) is 9.47 Å². The zero-order valence-electron chi connectivity index (χ0n) is 20.6. The van der Waals surface area contributed by atoms with Crippen LogP contribution in [0.25, 0.3) is 6.08 Å². The molecule has 0 saturated heterocycles. The van der Waals surface area contributed by atoms with Crippen molar-refractivity contribution in [3.8, 4) is 11.5 Å². The van der Waals surface area contributed by atoms with Crippen molar-refractivity contribution in [1.82, 2.24) is 4.90 Å². The summed E-state index contributed by atoms with van der Waals surface area (Å²) >= 11 is 0. The second-order valence-corrected chi connectivity index (χ2v) is 8.97. The molecule has 0 unspecified atom stereocenters. The maximum atomic E-state index is 12.7. The normalized spacial score (nSPS) is 14.1. The van der Waals surface area contributed by atoms with Gasteiger partial charge in [0.1, 0.15) is 18.1 Å². The standard InChI is InChI=1S/C31H35NO3/c1-2-32(23-26-12-6-5-7-13-26)20-10-3-4-11-21-34-28-18-16-25(17-19-28)22-27-24-35-30-15-9-8-14-29(30)31(27)33/h5-9,12-19,22H,2-4,10-11,20-21,23-24H2,1H3/b27-22+. The number of benzene rings is 3. The molecular weight excluding hydrogens is 434 g/mol. The summed E-state index contributed by atoms with van der Waals surface area (Å²) in [6.07, 6.45) is 6.58. The van der Waals surface area contributed by atoms with Gasteiger partial charge in [-0.25, -0.2) is 0 Å². The van der Waals surface area contributed by atoms with E-state index in [9.17, 15) is 4.79 Å². The van der Waals surface area contributed by atoms with Gasteiger partial charge in [0.05, 0.1) is 12.2 Å². The lowest BCUT2D eigenvalue weighted by atomic mass is 9.98. The summed E-state index contributed by atoms with van der Waals surface area (Å²) in [4.78, 5) is 15.2. The van der Waals surface area contributed by atoms with Crippen LogP contribution in [0.5, 0.6) is 11.5 Å². The number of Topliss-reactive ketones (excluding diaryl/α,β-unsaturated/α-hetero) is 1. The summed E-state index contributed by atoms with van der Waals surface area (Å²) in [7, 11) is 0. The highest BCUT2D eigenvalue weighted by Gasteiger charge is 2.22. The van der Waals surface area contributed by atoms with Crippen LogP contribution in [-0.2, 0) is 6.54 Å². The van der Waals surface area contributed by atoms with Crippen LogP contribution in [0.3, 0.4) is 0 Å². The van der Waals surface area contributed by atoms with Crippen LogP contribution in [0.15, 0.2) is 84.4 Å². The Morgan fingerprint density at radius 3 is 2.43 bits per heavy atom. The lowest BCUT2D eigenvalue weighted by Crippen LogP contribution is -2.24. The Hall–Kier alpha value is -3.37. The fourth-order valence-corrected chi connectivity index (χ4v) is 4.31. The third-order valence-electron chi connectivity index (χ3n) is 6.36. The molecule has 4 rings (SSSR count). The van der Waals surface area contributed by atoms with E-state index in [1.165, 1.54) is 24.8 Å². The molecule has 3 aromatic rings. The highest BCUT2D eigenvalue weighted by atomic mass is 16.5. The van der Waals surface area contributed by atoms with E-state index in [2.05, 4.69) is 42.2 Å². The maximum absolute atomic E-state index is 12.7. The number of nitrogens with zero attached hydrogens (tertiary/aromatic N) is 1. The number of hydrogen-bond donors (Lipinski definition) is 0. The van der Waals surface area contributed by atoms with Gasteiger partial charge in [0, 0.05) is 12.1 Å². The first-order chi connectivity index (χ1) is 17.2. The maximum Gasteiger partial charge on any atom is 0.196 e. The molecule has 4 nitrogen and oxygen atoms in total. The molecule has 0 amide bonds. The van der Waals surface area contributed by atoms with Crippen LogP contribution < -0.4 is 9.47 Å². The second-order valence-electron chi connectivity index (χ2n) is 8.97. The van der Waals surface area contributed by atoms with Crippen LogP contribution in [-0.4, -0.2) is 37.0 Å². The largest absolute Gasteiger partial charge is 0.494 e. The average Bonchev–Trinajstić information content (AvgIpc) is 2.90. The molecule has 35 heavy (non-hydrogen) atoms. The van der Waals surface area contributed by atoms with E-state index in [1.807, 2.05) is 54.6 Å². The van der Waals surface area contributed by atoms with Crippen molar-refractivity contribution in [3.05, 3.63) is 101 Å². The number of ketones is 1. The Balaban J connectivity index is 1.14. The smallest absolute Gasteiger partial charge is 0.196 e. The first-order valence-corrected chi connectivity index (χ1v) is 12.7. The molecule has 0 aromatic heterocycles. The fourth-order valence-electron chi connectivity index (χ4n) is 4.31. The van der Waals surface area contributed by atoms with Crippen molar-refractivity contribution in [3.63, 3.8) is 0 Å². The highest BCUT2D eigenvalue weighted by Crippen LogP contribution is 2.27. The van der Waals surface area contributed by atoms with Crippen molar-refractivity contribution in [2.24, 2.45) is 0 Å². The Morgan fingerprint density at radius 1 is 0.886 bits per heavy atom. The summed E-state index contributed by atoms with van der Waals surface area (Å²) < 4.78 is 11.6. The highest BCUT2D eigenvalue weighted by molar-refractivity contribution is 6.14. The average molecular weight is 470 g/mol. The number of fused-ring (bicyclic) bond motifs is 1. The molecule has 0 radical (unpaired) electrons. The van der Waals surface area contributed by atoms with Gasteiger partial charge in [-0.15, -0.1) is 0 Å². The molecule has 1 aliphatic rings. The monoisotopic (exact) mass is 469 g/mol. The molecule has 0 aliphatic carbocycles. The molecule has 0 N–H and O–H groups in total. The molecule has 0 atom stereocenters. The summed E-state index contributed by atoms with van der Waals surface area (Å²) in [5, 5.41) is 0. The SMILES string of the molecule is CCN(CCCCCCOc1ccc(/C=C2\COc3ccccc3C2=O)cc1)Cc1ccccc1. The van der Waals surface area contributed by atoms with Gasteiger partial charge in [-0.3, -0.25) is 9.69 Å². The van der Waals surface area contributed by atoms with Gasteiger partial charge in [-0.05, 0) is 67.4 Å². The predicted molar refractivity (Wildman–Crippen MR) is 142 cm³/mol. The molecular formula is C31H35NO3. The Labute approximate surface area is 209 Å². The van der Waals surface area contributed by atoms with E-state index < -0.39 is 0 Å². The summed E-state index contributed by atoms with van der Waals surface area (Å²) in [6, 6.07) is 26.0. The minimum atomic E-state index is 0.0364. The summed E-state index contributed by atoms with van der Waals surface area (Å²) in [5.74, 6) is 1.56. The van der Waals surface area contributed by atoms with Gasteiger partial charge in [0.25, 0.3) is 0 Å². The van der Waals surface area contributed by atoms with Crippen molar-refractivity contribution >= 4 is 11.9 Å². The minimum absolute atomic E-state index is 0.0364. The predicted octanol–water partition coefficient (Wildman–Crippen LogP) is 6.81. The van der Waals surface area contributed by atoms with Crippen LogP contribution in [0.1, 0.15) is 54.1 Å². The molecule has 0 bridgehead atoms. The molecule has 0 fully saturated rings. The van der Waals surface area contributed by atoms with Crippen molar-refractivity contribution in [2.45, 2.75) is 39.2 Å². The third kappa shape index (κ3) is 7.30. The lowest BCUT2D eigenvalue weighted by Gasteiger charge is -2.20. The van der Waals surface area contributed by atoms with Crippen molar-refractivity contribution in [2.75, 3.05) is 26.3 Å². The van der Waals surface area contributed by atoms with Gasteiger partial charge in [0.15, 0.2) is 5.78 Å². The van der Waals surface area contributed by atoms with Crippen molar-refractivity contribution < 1.29 is 14.3 Å². The van der Waals surface area contributed by atoms with Gasteiger partial charge in [0.2, 0.25) is 0 Å². The van der Waals surface area contributed by atoms with Crippen molar-refractivity contribution in [1.29, 1.82) is 0 Å². The number of rotatable bonds is 12. The molecule has 4 heteroatoms. The summed E-state index contributed by atoms with van der Waals surface area (Å²) in [5.41, 5.74) is 3.65. The second kappa shape index (κ2) is 12.9. The Kier molecular flexibility index (Phi) is 9.13. The van der Waals surface area contributed by atoms with E-state index in [0.29, 0.717) is 23.5 Å². The van der Waals surface area contributed by atoms with E-state index >= 15 is 0 Å². The number of carbonyl (C=O) groups excluding carboxylic acids is 1. The third-order valence-corrected chi connectivity index (χ3v) is 6.36. The zero-order chi connectivity index (χ0) is 24.3. The van der Waals surface area contributed by atoms with Gasteiger partial charge in [-0.2, -0.15) is 0 Å². The summed E-state index contributed by atoms with van der Waals surface area (Å²) in [6.45, 7) is 6.52. The number of para-hydroxylation sites is 1. The number of ether oxygens (including phenoxy) is 2.